The first-order valence-corrected chi connectivity index (χ1v) is 6.73. The molecule has 1 unspecified atom stereocenters. The highest BCUT2D eigenvalue weighted by atomic mass is 16.6. The van der Waals surface area contributed by atoms with Crippen LogP contribution in [0.5, 0.6) is 0 Å². The Balaban J connectivity index is 2.02. The average Bonchev–Trinajstić information content (AvgIpc) is 2.46. The van der Waals surface area contributed by atoms with E-state index in [4.69, 9.17) is 0 Å². The summed E-state index contributed by atoms with van der Waals surface area (Å²) in [5.41, 5.74) is -0.753. The fourth-order valence-electron chi connectivity index (χ4n) is 2.05. The zero-order valence-electron chi connectivity index (χ0n) is 12.2. The molecular weight excluding hydrogens is 304 g/mol. The number of nitro benzene ring substituents is 1. The van der Waals surface area contributed by atoms with Crippen molar-refractivity contribution in [1.82, 2.24) is 15.3 Å². The molecule has 9 heteroatoms. The monoisotopic (exact) mass is 318 g/mol. The van der Waals surface area contributed by atoms with Crippen molar-refractivity contribution in [2.24, 2.45) is 0 Å². The van der Waals surface area contributed by atoms with Gasteiger partial charge in [0.15, 0.2) is 0 Å². The number of non-ortho nitro benzene ring substituents is 1. The molecule has 1 aromatic carbocycles. The molecule has 1 amide bonds. The number of carbonyl (C=O) groups excluding carboxylic acids is 1. The highest BCUT2D eigenvalue weighted by molar-refractivity contribution is 5.92. The Labute approximate surface area is 129 Å². The Bertz CT molecular complexity index is 809. The number of nitrogens with zero attached hydrogens (tertiary/aromatic N) is 1. The van der Waals surface area contributed by atoms with E-state index in [1.54, 1.807) is 19.1 Å². The number of nitro groups is 1. The summed E-state index contributed by atoms with van der Waals surface area (Å²) < 4.78 is 0. The van der Waals surface area contributed by atoms with Crippen molar-refractivity contribution in [3.63, 3.8) is 0 Å². The van der Waals surface area contributed by atoms with Gasteiger partial charge in [-0.1, -0.05) is 12.1 Å². The normalized spacial score (nSPS) is 11.7. The first-order chi connectivity index (χ1) is 10.8. The van der Waals surface area contributed by atoms with Gasteiger partial charge in [-0.15, -0.1) is 0 Å². The molecule has 0 spiro atoms. The van der Waals surface area contributed by atoms with Crippen molar-refractivity contribution in [2.75, 3.05) is 0 Å². The molecular formula is C14H14N4O5. The Morgan fingerprint density at radius 3 is 2.48 bits per heavy atom. The fourth-order valence-corrected chi connectivity index (χ4v) is 2.05. The zero-order valence-corrected chi connectivity index (χ0v) is 12.2. The predicted molar refractivity (Wildman–Crippen MR) is 81.4 cm³/mol. The van der Waals surface area contributed by atoms with Gasteiger partial charge < -0.3 is 10.3 Å². The maximum atomic E-state index is 12.0. The standard InChI is InChI=1S/C14H14N4O5/c1-8(6-9-2-4-10(5-3-9)18(22)23)15-13(20)11-7-12(19)17-14(21)16-11/h2-5,7-8H,6H2,1H3,(H,15,20)(H2,16,17,19,21). The lowest BCUT2D eigenvalue weighted by molar-refractivity contribution is -0.384. The molecule has 9 nitrogen and oxygen atoms in total. The average molecular weight is 318 g/mol. The molecule has 0 aliphatic rings. The van der Waals surface area contributed by atoms with E-state index in [1.807, 2.05) is 4.98 Å². The lowest BCUT2D eigenvalue weighted by atomic mass is 10.1. The number of H-pyrrole nitrogens is 2. The van der Waals surface area contributed by atoms with E-state index in [-0.39, 0.29) is 17.4 Å². The van der Waals surface area contributed by atoms with Crippen LogP contribution in [0, 0.1) is 10.1 Å². The Morgan fingerprint density at radius 2 is 1.91 bits per heavy atom. The van der Waals surface area contributed by atoms with Gasteiger partial charge in [0.05, 0.1) is 4.92 Å². The van der Waals surface area contributed by atoms with Crippen molar-refractivity contribution in [3.8, 4) is 0 Å². The van der Waals surface area contributed by atoms with Crippen LogP contribution in [0.3, 0.4) is 0 Å². The van der Waals surface area contributed by atoms with Gasteiger partial charge in [0.25, 0.3) is 17.2 Å². The molecule has 1 aromatic heterocycles. The minimum Gasteiger partial charge on any atom is -0.348 e. The second-order valence-electron chi connectivity index (χ2n) is 5.00. The number of amides is 1. The van der Waals surface area contributed by atoms with Crippen molar-refractivity contribution in [1.29, 1.82) is 0 Å². The van der Waals surface area contributed by atoms with E-state index < -0.39 is 22.1 Å². The van der Waals surface area contributed by atoms with Crippen LogP contribution in [-0.2, 0) is 6.42 Å². The Hall–Kier alpha value is -3.23. The summed E-state index contributed by atoms with van der Waals surface area (Å²) in [5, 5.41) is 13.2. The van der Waals surface area contributed by atoms with Gasteiger partial charge in [-0.3, -0.25) is 24.7 Å². The Kier molecular flexibility index (Phi) is 4.69. The number of hydrogen-bond acceptors (Lipinski definition) is 5. The number of aromatic amines is 2. The van der Waals surface area contributed by atoms with Crippen LogP contribution >= 0.6 is 0 Å². The number of benzene rings is 1. The molecule has 23 heavy (non-hydrogen) atoms. The van der Waals surface area contributed by atoms with Crippen LogP contribution in [0.4, 0.5) is 5.69 Å². The number of hydrogen-bond donors (Lipinski definition) is 3. The van der Waals surface area contributed by atoms with Crippen LogP contribution in [-0.4, -0.2) is 26.8 Å². The van der Waals surface area contributed by atoms with Crippen molar-refractivity contribution < 1.29 is 9.72 Å². The van der Waals surface area contributed by atoms with E-state index in [0.29, 0.717) is 6.42 Å². The molecule has 0 saturated carbocycles. The van der Waals surface area contributed by atoms with E-state index in [0.717, 1.165) is 11.6 Å². The summed E-state index contributed by atoms with van der Waals surface area (Å²) >= 11 is 0. The summed E-state index contributed by atoms with van der Waals surface area (Å²) in [6, 6.07) is 6.68. The van der Waals surface area contributed by atoms with Gasteiger partial charge in [0.1, 0.15) is 5.69 Å². The topological polar surface area (TPSA) is 138 Å². The summed E-state index contributed by atoms with van der Waals surface area (Å²) in [7, 11) is 0. The summed E-state index contributed by atoms with van der Waals surface area (Å²) in [6.45, 7) is 1.74. The molecule has 120 valence electrons. The molecule has 2 aromatic rings. The Morgan fingerprint density at radius 1 is 1.26 bits per heavy atom. The quantitative estimate of drug-likeness (QED) is 0.539. The van der Waals surface area contributed by atoms with Crippen molar-refractivity contribution in [2.45, 2.75) is 19.4 Å². The van der Waals surface area contributed by atoms with Crippen LogP contribution < -0.4 is 16.6 Å². The largest absolute Gasteiger partial charge is 0.348 e. The molecule has 3 N–H and O–H groups in total. The third-order valence-electron chi connectivity index (χ3n) is 3.07. The zero-order chi connectivity index (χ0) is 17.0. The summed E-state index contributed by atoms with van der Waals surface area (Å²) in [4.78, 5) is 48.6. The predicted octanol–water partition coefficient (Wildman–Crippen LogP) is 0.332. The van der Waals surface area contributed by atoms with Gasteiger partial charge in [-0.25, -0.2) is 4.79 Å². The molecule has 0 saturated heterocycles. The van der Waals surface area contributed by atoms with Crippen LogP contribution in [0.25, 0.3) is 0 Å². The van der Waals surface area contributed by atoms with Gasteiger partial charge in [0, 0.05) is 24.2 Å². The van der Waals surface area contributed by atoms with E-state index in [1.165, 1.54) is 12.1 Å². The van der Waals surface area contributed by atoms with Crippen LogP contribution in [0.15, 0.2) is 39.9 Å². The number of rotatable bonds is 5. The fraction of sp³-hybridized carbons (Fsp3) is 0.214. The molecule has 0 radical (unpaired) electrons. The first-order valence-electron chi connectivity index (χ1n) is 6.73. The van der Waals surface area contributed by atoms with Gasteiger partial charge in [-0.2, -0.15) is 0 Å². The molecule has 0 bridgehead atoms. The number of nitrogens with one attached hydrogen (secondary N) is 3. The molecule has 0 aliphatic carbocycles. The maximum absolute atomic E-state index is 12.0. The van der Waals surface area contributed by atoms with Gasteiger partial charge in [0.2, 0.25) is 0 Å². The second kappa shape index (κ2) is 6.69. The van der Waals surface area contributed by atoms with Gasteiger partial charge >= 0.3 is 5.69 Å². The highest BCUT2D eigenvalue weighted by Crippen LogP contribution is 2.13. The second-order valence-corrected chi connectivity index (χ2v) is 5.00. The molecule has 0 aliphatic heterocycles. The minimum absolute atomic E-state index is 0.00785. The number of aromatic nitrogens is 2. The lowest BCUT2D eigenvalue weighted by Crippen LogP contribution is -2.37. The minimum atomic E-state index is -0.759. The molecule has 2 rings (SSSR count). The van der Waals surface area contributed by atoms with Crippen LogP contribution in [0.2, 0.25) is 0 Å². The SMILES string of the molecule is CC(Cc1ccc([N+](=O)[O-])cc1)NC(=O)c1cc(=O)[nH]c(=O)[nH]1. The van der Waals surface area contributed by atoms with Crippen molar-refractivity contribution in [3.05, 3.63) is 72.5 Å². The van der Waals surface area contributed by atoms with E-state index in [9.17, 15) is 24.5 Å². The molecule has 1 heterocycles. The summed E-state index contributed by atoms with van der Waals surface area (Å²) in [5.74, 6) is -0.581. The molecule has 1 atom stereocenters. The van der Waals surface area contributed by atoms with E-state index >= 15 is 0 Å². The third kappa shape index (κ3) is 4.37. The van der Waals surface area contributed by atoms with Gasteiger partial charge in [-0.05, 0) is 18.9 Å². The van der Waals surface area contributed by atoms with Crippen molar-refractivity contribution >= 4 is 11.6 Å². The van der Waals surface area contributed by atoms with E-state index in [2.05, 4.69) is 10.3 Å². The third-order valence-corrected chi connectivity index (χ3v) is 3.07. The number of carbonyl (C=O) groups is 1. The smallest absolute Gasteiger partial charge is 0.326 e. The summed E-state index contributed by atoms with van der Waals surface area (Å²) in [6.07, 6.45) is 0.442. The maximum Gasteiger partial charge on any atom is 0.326 e. The highest BCUT2D eigenvalue weighted by Gasteiger charge is 2.13. The lowest BCUT2D eigenvalue weighted by Gasteiger charge is -2.13. The van der Waals surface area contributed by atoms with Crippen LogP contribution in [0.1, 0.15) is 23.0 Å². The first kappa shape index (κ1) is 16.1. The molecule has 0 fully saturated rings.